The van der Waals surface area contributed by atoms with E-state index in [1.54, 1.807) is 0 Å². The molecular formula is C16H16F3N9O. The third kappa shape index (κ3) is 4.37. The van der Waals surface area contributed by atoms with Crippen LogP contribution in [-0.4, -0.2) is 35.8 Å². The summed E-state index contributed by atoms with van der Waals surface area (Å²) in [7, 11) is 0. The number of aromatic nitrogens is 6. The topological polar surface area (TPSA) is 157 Å². The zero-order chi connectivity index (χ0) is 21.2. The van der Waals surface area contributed by atoms with Crippen LogP contribution in [0.1, 0.15) is 5.69 Å². The Hall–Kier alpha value is -3.42. The molecule has 10 nitrogen and oxygen atoms in total. The van der Waals surface area contributed by atoms with Crippen LogP contribution in [-0.2, 0) is 12.5 Å². The fourth-order valence-corrected chi connectivity index (χ4v) is 2.35. The van der Waals surface area contributed by atoms with E-state index in [1.165, 1.54) is 30.7 Å². The van der Waals surface area contributed by atoms with Gasteiger partial charge >= 0.3 is 5.69 Å². The molecule has 0 unspecified atom stereocenters. The quantitative estimate of drug-likeness (QED) is 0.380. The van der Waals surface area contributed by atoms with E-state index < -0.39 is 36.3 Å². The van der Waals surface area contributed by atoms with Crippen LogP contribution in [0.4, 0.5) is 13.2 Å². The summed E-state index contributed by atoms with van der Waals surface area (Å²) in [5.74, 6) is -2.43. The molecular weight excluding hydrogens is 391 g/mol. The van der Waals surface area contributed by atoms with Crippen LogP contribution >= 0.6 is 0 Å². The number of nitrogens with two attached hydrogens (primary N) is 3. The number of nitrogens with zero attached hydrogens (tertiary/aromatic N) is 6. The molecule has 0 bridgehead atoms. The molecule has 0 aliphatic carbocycles. The van der Waals surface area contributed by atoms with Gasteiger partial charge in [-0.05, 0) is 12.1 Å². The van der Waals surface area contributed by atoms with E-state index in [0.29, 0.717) is 11.3 Å². The van der Waals surface area contributed by atoms with Gasteiger partial charge < -0.3 is 5.73 Å². The summed E-state index contributed by atoms with van der Waals surface area (Å²) in [6.07, 6.45) is 3.15. The smallest absolute Gasteiger partial charge is 0.327 e. The SMILES string of the molecule is NCC(Cn1ncn(-c2cnc(-c3ccc(C(N)(N)F)nc3)cn2)c1=O)=C(F)F. The van der Waals surface area contributed by atoms with Crippen molar-refractivity contribution in [3.05, 3.63) is 64.9 Å². The third-order valence-electron chi connectivity index (χ3n) is 3.92. The molecule has 0 saturated carbocycles. The molecule has 13 heteroatoms. The van der Waals surface area contributed by atoms with Gasteiger partial charge in [0, 0.05) is 23.9 Å². The van der Waals surface area contributed by atoms with Gasteiger partial charge in [0.05, 0.1) is 24.6 Å². The highest BCUT2D eigenvalue weighted by molar-refractivity contribution is 5.57. The number of alkyl halides is 1. The van der Waals surface area contributed by atoms with E-state index >= 15 is 0 Å². The zero-order valence-corrected chi connectivity index (χ0v) is 14.8. The lowest BCUT2D eigenvalue weighted by Gasteiger charge is -2.13. The van der Waals surface area contributed by atoms with Gasteiger partial charge in [0.25, 0.3) is 12.0 Å². The number of pyridine rings is 1. The lowest BCUT2D eigenvalue weighted by molar-refractivity contribution is 0.178. The van der Waals surface area contributed by atoms with Gasteiger partial charge in [0.1, 0.15) is 12.0 Å². The Morgan fingerprint density at radius 2 is 1.86 bits per heavy atom. The van der Waals surface area contributed by atoms with Gasteiger partial charge in [-0.15, -0.1) is 0 Å². The Morgan fingerprint density at radius 1 is 1.10 bits per heavy atom. The van der Waals surface area contributed by atoms with Crippen molar-refractivity contribution in [1.29, 1.82) is 0 Å². The summed E-state index contributed by atoms with van der Waals surface area (Å²) < 4.78 is 40.8. The minimum absolute atomic E-state index is 0.125. The minimum atomic E-state index is -2.56. The van der Waals surface area contributed by atoms with Crippen LogP contribution in [0.3, 0.4) is 0 Å². The molecule has 0 amide bonds. The van der Waals surface area contributed by atoms with Gasteiger partial charge in [-0.25, -0.2) is 23.4 Å². The van der Waals surface area contributed by atoms with Crippen molar-refractivity contribution < 1.29 is 13.2 Å². The van der Waals surface area contributed by atoms with Crippen molar-refractivity contribution in [3.63, 3.8) is 0 Å². The van der Waals surface area contributed by atoms with Gasteiger partial charge in [0.2, 0.25) is 0 Å². The van der Waals surface area contributed by atoms with E-state index in [0.717, 1.165) is 15.6 Å². The number of hydrogen-bond donors (Lipinski definition) is 3. The van der Waals surface area contributed by atoms with Crippen LogP contribution in [0.2, 0.25) is 0 Å². The Kier molecular flexibility index (Phi) is 5.54. The molecule has 152 valence electrons. The minimum Gasteiger partial charge on any atom is -0.327 e. The second kappa shape index (κ2) is 7.90. The van der Waals surface area contributed by atoms with Crippen molar-refractivity contribution in [2.75, 3.05) is 6.54 Å². The maximum Gasteiger partial charge on any atom is 0.351 e. The predicted octanol–water partition coefficient (Wildman–Crippen LogP) is -0.00750. The Morgan fingerprint density at radius 3 is 2.38 bits per heavy atom. The monoisotopic (exact) mass is 407 g/mol. The van der Waals surface area contributed by atoms with Gasteiger partial charge in [-0.2, -0.15) is 13.9 Å². The first-order valence-corrected chi connectivity index (χ1v) is 8.14. The summed E-state index contributed by atoms with van der Waals surface area (Å²) in [5, 5.41) is 3.78. The second-order valence-electron chi connectivity index (χ2n) is 5.97. The van der Waals surface area contributed by atoms with E-state index in [-0.39, 0.29) is 11.5 Å². The molecule has 0 radical (unpaired) electrons. The summed E-state index contributed by atoms with van der Waals surface area (Å²) in [5.41, 5.74) is 15.2. The normalized spacial score (nSPS) is 11.5. The lowest BCUT2D eigenvalue weighted by atomic mass is 10.2. The standard InChI is InChI=1S/C16H16F3N9O/c17-14(18)10(3-20)7-28-15(29)27(8-26-28)13-6-23-11(5-25-13)9-1-2-12(24-4-9)16(19,21)22/h1-2,4-6,8H,3,7,20-22H2. The molecule has 3 aromatic heterocycles. The first-order chi connectivity index (χ1) is 13.7. The summed E-state index contributed by atoms with van der Waals surface area (Å²) in [4.78, 5) is 24.5. The van der Waals surface area contributed by atoms with Gasteiger partial charge in [-0.1, -0.05) is 0 Å². The number of halogens is 3. The maximum atomic E-state index is 13.5. The molecule has 0 aliphatic rings. The summed E-state index contributed by atoms with van der Waals surface area (Å²) >= 11 is 0. The molecule has 0 aromatic carbocycles. The maximum absolute atomic E-state index is 13.5. The van der Waals surface area contributed by atoms with Gasteiger partial charge in [0.15, 0.2) is 5.82 Å². The molecule has 0 atom stereocenters. The third-order valence-corrected chi connectivity index (χ3v) is 3.92. The summed E-state index contributed by atoms with van der Waals surface area (Å²) in [6, 6.07) is 2.82. The number of hydrogen-bond acceptors (Lipinski definition) is 8. The van der Waals surface area contributed by atoms with Crippen LogP contribution in [0.5, 0.6) is 0 Å². The highest BCUT2D eigenvalue weighted by Gasteiger charge is 2.21. The average molecular weight is 407 g/mol. The van der Waals surface area contributed by atoms with Crippen LogP contribution in [0.15, 0.2) is 53.5 Å². The molecule has 0 spiro atoms. The van der Waals surface area contributed by atoms with E-state index in [1.807, 2.05) is 0 Å². The Bertz CT molecular complexity index is 1080. The van der Waals surface area contributed by atoms with E-state index in [9.17, 15) is 18.0 Å². The van der Waals surface area contributed by atoms with Crippen molar-refractivity contribution in [2.24, 2.45) is 17.2 Å². The molecule has 3 aromatic rings. The molecule has 0 saturated heterocycles. The highest BCUT2D eigenvalue weighted by atomic mass is 19.3. The van der Waals surface area contributed by atoms with Crippen LogP contribution in [0.25, 0.3) is 17.1 Å². The van der Waals surface area contributed by atoms with Crippen LogP contribution in [0, 0.1) is 0 Å². The second-order valence-corrected chi connectivity index (χ2v) is 5.97. The molecule has 0 fully saturated rings. The first kappa shape index (κ1) is 20.3. The van der Waals surface area contributed by atoms with Gasteiger partial charge in [-0.3, -0.25) is 21.4 Å². The fourth-order valence-electron chi connectivity index (χ4n) is 2.35. The molecule has 6 N–H and O–H groups in total. The predicted molar refractivity (Wildman–Crippen MR) is 96.1 cm³/mol. The largest absolute Gasteiger partial charge is 0.351 e. The summed E-state index contributed by atoms with van der Waals surface area (Å²) in [6.45, 7) is -0.840. The zero-order valence-electron chi connectivity index (χ0n) is 14.8. The molecule has 29 heavy (non-hydrogen) atoms. The molecule has 0 aliphatic heterocycles. The van der Waals surface area contributed by atoms with E-state index in [2.05, 4.69) is 20.1 Å². The molecule has 3 heterocycles. The first-order valence-electron chi connectivity index (χ1n) is 8.14. The Labute approximate surface area is 161 Å². The lowest BCUT2D eigenvalue weighted by Crippen LogP contribution is -2.41. The highest BCUT2D eigenvalue weighted by Crippen LogP contribution is 2.18. The number of rotatable bonds is 6. The van der Waals surface area contributed by atoms with Crippen molar-refractivity contribution in [2.45, 2.75) is 12.5 Å². The molecule has 3 rings (SSSR count). The fraction of sp³-hybridized carbons (Fsp3) is 0.188. The van der Waals surface area contributed by atoms with E-state index in [4.69, 9.17) is 17.2 Å². The Balaban J connectivity index is 1.84. The van der Waals surface area contributed by atoms with Crippen molar-refractivity contribution in [1.82, 2.24) is 29.3 Å². The van der Waals surface area contributed by atoms with Crippen LogP contribution < -0.4 is 22.9 Å². The average Bonchev–Trinajstić information content (AvgIpc) is 3.05. The van der Waals surface area contributed by atoms with Crippen molar-refractivity contribution >= 4 is 0 Å². The van der Waals surface area contributed by atoms with Crippen molar-refractivity contribution in [3.8, 4) is 17.1 Å².